The van der Waals surface area contributed by atoms with Crippen molar-refractivity contribution in [3.05, 3.63) is 0 Å². The molecule has 1 unspecified atom stereocenters. The first-order valence-electron chi connectivity index (χ1n) is 6.14. The molecule has 3 nitrogen and oxygen atoms in total. The van der Waals surface area contributed by atoms with Crippen LogP contribution in [0.1, 0.15) is 33.6 Å². The summed E-state index contributed by atoms with van der Waals surface area (Å²) in [6.45, 7) is 9.80. The van der Waals surface area contributed by atoms with Gasteiger partial charge in [-0.3, -0.25) is 9.69 Å². The Morgan fingerprint density at radius 3 is 2.44 bits per heavy atom. The van der Waals surface area contributed by atoms with Crippen LogP contribution < -0.4 is 0 Å². The molecule has 0 saturated carbocycles. The van der Waals surface area contributed by atoms with E-state index in [0.29, 0.717) is 6.04 Å². The molecule has 1 atom stereocenters. The maximum absolute atomic E-state index is 11.5. The average Bonchev–Trinajstić information content (AvgIpc) is 2.30. The Balaban J connectivity index is 2.38. The number of hydrogen-bond acceptors (Lipinski definition) is 2. The van der Waals surface area contributed by atoms with Gasteiger partial charge in [-0.15, -0.1) is 0 Å². The van der Waals surface area contributed by atoms with Crippen LogP contribution in [0.2, 0.25) is 0 Å². The summed E-state index contributed by atoms with van der Waals surface area (Å²) in [6.07, 6.45) is 2.46. The van der Waals surface area contributed by atoms with Crippen LogP contribution in [-0.2, 0) is 4.79 Å². The summed E-state index contributed by atoms with van der Waals surface area (Å²) in [4.78, 5) is 15.9. The van der Waals surface area contributed by atoms with Gasteiger partial charge in [0, 0.05) is 32.2 Å². The number of piperazine rings is 1. The first-order valence-corrected chi connectivity index (χ1v) is 6.14. The van der Waals surface area contributed by atoms with E-state index in [1.54, 1.807) is 6.92 Å². The molecule has 3 heteroatoms. The van der Waals surface area contributed by atoms with Gasteiger partial charge in [0.25, 0.3) is 5.91 Å². The molecule has 1 saturated heterocycles. The van der Waals surface area contributed by atoms with Gasteiger partial charge in [0.2, 0.25) is 0 Å². The van der Waals surface area contributed by atoms with E-state index in [9.17, 15) is 4.79 Å². The van der Waals surface area contributed by atoms with Crippen LogP contribution in [-0.4, -0.2) is 47.9 Å². The van der Waals surface area contributed by atoms with Crippen LogP contribution in [0, 0.1) is 11.8 Å². The fraction of sp³-hybridized carbons (Fsp3) is 0.769. The van der Waals surface area contributed by atoms with E-state index in [2.05, 4.69) is 30.6 Å². The molecule has 1 aliphatic heterocycles. The van der Waals surface area contributed by atoms with E-state index in [4.69, 9.17) is 0 Å². The lowest BCUT2D eigenvalue weighted by molar-refractivity contribution is -0.127. The lowest BCUT2D eigenvalue weighted by atomic mass is 10.1. The van der Waals surface area contributed by atoms with Crippen molar-refractivity contribution >= 4 is 5.91 Å². The molecule has 0 N–H and O–H groups in total. The summed E-state index contributed by atoms with van der Waals surface area (Å²) in [5.74, 6) is 5.24. The molecule has 0 aromatic rings. The highest BCUT2D eigenvalue weighted by molar-refractivity contribution is 5.93. The average molecular weight is 222 g/mol. The minimum Gasteiger partial charge on any atom is -0.329 e. The number of nitrogens with zero attached hydrogens (tertiary/aromatic N) is 2. The number of rotatable bonds is 3. The van der Waals surface area contributed by atoms with Crippen LogP contribution in [0.3, 0.4) is 0 Å². The predicted molar refractivity (Wildman–Crippen MR) is 66.0 cm³/mol. The highest BCUT2D eigenvalue weighted by Gasteiger charge is 2.22. The lowest BCUT2D eigenvalue weighted by Gasteiger charge is -2.37. The molecule has 1 amide bonds. The summed E-state index contributed by atoms with van der Waals surface area (Å²) in [5, 5.41) is 0. The van der Waals surface area contributed by atoms with E-state index in [1.807, 2.05) is 4.90 Å². The zero-order chi connectivity index (χ0) is 12.0. The van der Waals surface area contributed by atoms with Gasteiger partial charge in [0.1, 0.15) is 0 Å². The van der Waals surface area contributed by atoms with Crippen LogP contribution in [0.4, 0.5) is 0 Å². The summed E-state index contributed by atoms with van der Waals surface area (Å²) >= 11 is 0. The Morgan fingerprint density at radius 2 is 1.94 bits per heavy atom. The second-order valence-electron chi connectivity index (χ2n) is 4.34. The zero-order valence-electron chi connectivity index (χ0n) is 10.6. The molecule has 1 heterocycles. The molecular formula is C13H22N2O. The van der Waals surface area contributed by atoms with Gasteiger partial charge in [-0.05, 0) is 26.2 Å². The minimum absolute atomic E-state index is 0.0229. The second-order valence-corrected chi connectivity index (χ2v) is 4.34. The van der Waals surface area contributed by atoms with Crippen molar-refractivity contribution in [3.63, 3.8) is 0 Å². The van der Waals surface area contributed by atoms with Gasteiger partial charge in [-0.25, -0.2) is 0 Å². The largest absolute Gasteiger partial charge is 0.329 e. The summed E-state index contributed by atoms with van der Waals surface area (Å²) < 4.78 is 0. The van der Waals surface area contributed by atoms with Gasteiger partial charge < -0.3 is 4.90 Å². The van der Waals surface area contributed by atoms with Crippen LogP contribution in [0.5, 0.6) is 0 Å². The highest BCUT2D eigenvalue weighted by Crippen LogP contribution is 2.10. The number of hydrogen-bond donors (Lipinski definition) is 0. The molecule has 0 aromatic heterocycles. The molecular weight excluding hydrogens is 200 g/mol. The van der Waals surface area contributed by atoms with E-state index in [1.165, 1.54) is 12.8 Å². The van der Waals surface area contributed by atoms with Crippen LogP contribution in [0.25, 0.3) is 0 Å². The van der Waals surface area contributed by atoms with E-state index < -0.39 is 0 Å². The maximum Gasteiger partial charge on any atom is 0.298 e. The molecule has 1 rings (SSSR count). The lowest BCUT2D eigenvalue weighted by Crippen LogP contribution is -2.51. The first-order chi connectivity index (χ1) is 7.69. The predicted octanol–water partition coefficient (Wildman–Crippen LogP) is 1.34. The topological polar surface area (TPSA) is 23.6 Å². The van der Waals surface area contributed by atoms with E-state index in [0.717, 1.165) is 26.2 Å². The Labute approximate surface area is 98.8 Å². The molecule has 0 aromatic carbocycles. The smallest absolute Gasteiger partial charge is 0.298 e. The highest BCUT2D eigenvalue weighted by atomic mass is 16.2. The van der Waals surface area contributed by atoms with Gasteiger partial charge in [0.15, 0.2) is 0 Å². The van der Waals surface area contributed by atoms with Gasteiger partial charge in [0.05, 0.1) is 0 Å². The van der Waals surface area contributed by atoms with Crippen molar-refractivity contribution in [1.82, 2.24) is 9.80 Å². The Hall–Kier alpha value is -1.01. The number of carbonyl (C=O) groups excluding carboxylic acids is 1. The van der Waals surface area contributed by atoms with Crippen molar-refractivity contribution in [2.24, 2.45) is 0 Å². The van der Waals surface area contributed by atoms with Crippen molar-refractivity contribution in [3.8, 4) is 11.8 Å². The zero-order valence-corrected chi connectivity index (χ0v) is 10.6. The molecule has 0 bridgehead atoms. The van der Waals surface area contributed by atoms with E-state index in [-0.39, 0.29) is 5.91 Å². The fourth-order valence-electron chi connectivity index (χ4n) is 2.15. The Kier molecular flexibility index (Phi) is 5.34. The first kappa shape index (κ1) is 13.1. The summed E-state index contributed by atoms with van der Waals surface area (Å²) in [7, 11) is 0. The summed E-state index contributed by atoms with van der Waals surface area (Å²) in [5.41, 5.74) is 0. The molecule has 0 aliphatic carbocycles. The third-order valence-electron chi connectivity index (χ3n) is 3.16. The third kappa shape index (κ3) is 3.53. The van der Waals surface area contributed by atoms with Crippen molar-refractivity contribution in [1.29, 1.82) is 0 Å². The second kappa shape index (κ2) is 6.55. The molecule has 1 fully saturated rings. The Morgan fingerprint density at radius 1 is 1.31 bits per heavy atom. The van der Waals surface area contributed by atoms with Gasteiger partial charge in [-0.1, -0.05) is 19.3 Å². The van der Waals surface area contributed by atoms with Crippen LogP contribution in [0.15, 0.2) is 0 Å². The quantitative estimate of drug-likeness (QED) is 0.673. The molecule has 90 valence electrons. The number of amides is 1. The third-order valence-corrected chi connectivity index (χ3v) is 3.16. The van der Waals surface area contributed by atoms with E-state index >= 15 is 0 Å². The van der Waals surface area contributed by atoms with Crippen molar-refractivity contribution in [2.45, 2.75) is 39.7 Å². The SMILES string of the molecule is CC#CC(=O)N1CCN(C(C)CCC)CC1. The van der Waals surface area contributed by atoms with Gasteiger partial charge in [-0.2, -0.15) is 0 Å². The van der Waals surface area contributed by atoms with Crippen LogP contribution >= 0.6 is 0 Å². The molecule has 16 heavy (non-hydrogen) atoms. The monoisotopic (exact) mass is 222 g/mol. The normalized spacial score (nSPS) is 18.8. The van der Waals surface area contributed by atoms with Crippen molar-refractivity contribution in [2.75, 3.05) is 26.2 Å². The fourth-order valence-corrected chi connectivity index (χ4v) is 2.15. The molecule has 0 spiro atoms. The minimum atomic E-state index is -0.0229. The maximum atomic E-state index is 11.5. The Bertz CT molecular complexity index is 282. The molecule has 1 aliphatic rings. The number of carbonyl (C=O) groups is 1. The van der Waals surface area contributed by atoms with Gasteiger partial charge >= 0.3 is 0 Å². The molecule has 0 radical (unpaired) electrons. The standard InChI is InChI=1S/C13H22N2O/c1-4-6-12(3)14-8-10-15(11-9-14)13(16)7-5-2/h12H,4,6,8-11H2,1-3H3. The van der Waals surface area contributed by atoms with Crippen molar-refractivity contribution < 1.29 is 4.79 Å². The summed E-state index contributed by atoms with van der Waals surface area (Å²) in [6, 6.07) is 0.638.